The highest BCUT2D eigenvalue weighted by Gasteiger charge is 2.32. The minimum absolute atomic E-state index is 0.100. The van der Waals surface area contributed by atoms with Crippen LogP contribution in [0.5, 0.6) is 5.75 Å². The third-order valence-electron chi connectivity index (χ3n) is 5.06. The number of hydrogen-bond donors (Lipinski definition) is 3. The number of amides is 1. The molecule has 11 heteroatoms. The second-order valence-electron chi connectivity index (χ2n) is 7.17. The van der Waals surface area contributed by atoms with E-state index in [2.05, 4.69) is 9.71 Å². The van der Waals surface area contributed by atoms with E-state index < -0.39 is 38.8 Å². The second-order valence-corrected chi connectivity index (χ2v) is 8.85. The van der Waals surface area contributed by atoms with Gasteiger partial charge in [-0.3, -0.25) is 9.78 Å². The Bertz CT molecular complexity index is 1030. The summed E-state index contributed by atoms with van der Waals surface area (Å²) in [4.78, 5) is 17.9. The number of carbonyl (C=O) groups excluding carboxylic acids is 1. The van der Waals surface area contributed by atoms with Gasteiger partial charge in [0.25, 0.3) is 0 Å². The Labute approximate surface area is 180 Å². The first-order valence-corrected chi connectivity index (χ1v) is 11.2. The number of benzene rings is 1. The predicted molar refractivity (Wildman–Crippen MR) is 111 cm³/mol. The predicted octanol–water partition coefficient (Wildman–Crippen LogP) is 0.485. The molecule has 1 saturated heterocycles. The lowest BCUT2D eigenvalue weighted by Gasteiger charge is -2.32. The Balaban J connectivity index is 1.93. The lowest BCUT2D eigenvalue weighted by atomic mass is 10.1. The molecule has 9 nitrogen and oxygen atoms in total. The van der Waals surface area contributed by atoms with Gasteiger partial charge in [-0.25, -0.2) is 12.8 Å². The number of sulfonamides is 1. The molecule has 0 unspecified atom stereocenters. The Kier molecular flexibility index (Phi) is 7.21. The highest BCUT2D eigenvalue weighted by atomic mass is 32.2. The average Bonchev–Trinajstić information content (AvgIpc) is 2.77. The van der Waals surface area contributed by atoms with Crippen molar-refractivity contribution in [1.82, 2.24) is 14.6 Å². The van der Waals surface area contributed by atoms with Crippen molar-refractivity contribution < 1.29 is 27.4 Å². The van der Waals surface area contributed by atoms with Gasteiger partial charge in [-0.15, -0.1) is 0 Å². The van der Waals surface area contributed by atoms with E-state index in [0.29, 0.717) is 31.6 Å². The van der Waals surface area contributed by atoms with Gasteiger partial charge < -0.3 is 20.5 Å². The molecule has 2 aromatic rings. The Morgan fingerprint density at radius 3 is 2.68 bits per heavy atom. The molecule has 1 fully saturated rings. The van der Waals surface area contributed by atoms with Crippen LogP contribution in [0.4, 0.5) is 4.39 Å². The molecule has 3 rings (SSSR count). The van der Waals surface area contributed by atoms with Crippen LogP contribution in [0.15, 0.2) is 41.4 Å². The van der Waals surface area contributed by atoms with Crippen molar-refractivity contribution in [2.75, 3.05) is 26.7 Å². The Morgan fingerprint density at radius 1 is 1.39 bits per heavy atom. The van der Waals surface area contributed by atoms with Crippen molar-refractivity contribution in [3.8, 4) is 17.0 Å². The number of halogens is 1. The van der Waals surface area contributed by atoms with Crippen molar-refractivity contribution >= 4 is 15.9 Å². The number of rotatable bonds is 7. The third-order valence-corrected chi connectivity index (χ3v) is 6.54. The second kappa shape index (κ2) is 9.69. The van der Waals surface area contributed by atoms with Crippen LogP contribution in [0.2, 0.25) is 0 Å². The van der Waals surface area contributed by atoms with E-state index in [1.807, 2.05) is 0 Å². The number of nitrogens with one attached hydrogen (secondary N) is 1. The van der Waals surface area contributed by atoms with Crippen molar-refractivity contribution in [2.24, 2.45) is 5.73 Å². The van der Waals surface area contributed by atoms with Gasteiger partial charge in [-0.1, -0.05) is 6.07 Å². The number of aliphatic hydroxyl groups excluding tert-OH is 1. The fourth-order valence-corrected chi connectivity index (χ4v) is 4.85. The van der Waals surface area contributed by atoms with Crippen molar-refractivity contribution in [3.05, 3.63) is 42.3 Å². The number of ether oxygens (including phenoxy) is 1. The molecule has 2 heterocycles. The molecule has 1 aliphatic rings. The van der Waals surface area contributed by atoms with Gasteiger partial charge >= 0.3 is 0 Å². The monoisotopic (exact) mass is 452 g/mol. The number of nitrogens with zero attached hydrogens (tertiary/aromatic N) is 2. The minimum atomic E-state index is -4.38. The zero-order valence-corrected chi connectivity index (χ0v) is 17.8. The number of aromatic nitrogens is 1. The molecule has 1 atom stereocenters. The number of hydrogen-bond acceptors (Lipinski definition) is 7. The van der Waals surface area contributed by atoms with E-state index >= 15 is 0 Å². The first-order chi connectivity index (χ1) is 14.8. The van der Waals surface area contributed by atoms with Crippen LogP contribution < -0.4 is 15.2 Å². The molecule has 168 valence electrons. The van der Waals surface area contributed by atoms with Gasteiger partial charge in [-0.05, 0) is 37.1 Å². The molecule has 0 aliphatic carbocycles. The largest absolute Gasteiger partial charge is 0.495 e. The van der Waals surface area contributed by atoms with E-state index in [4.69, 9.17) is 10.5 Å². The highest BCUT2D eigenvalue weighted by Crippen LogP contribution is 2.35. The number of piperidine rings is 1. The maximum absolute atomic E-state index is 14.4. The molecular formula is C20H25FN4O5S. The standard InChI is InChI=1S/C20H25FN4O5S/c1-30-19-15(16-4-2-3-7-23-16)10-13(21)11-18(19)31(28,29)24-17(12-22)20(27)25-8-5-14(26)6-9-25/h2-4,7,10-11,14,17,24,26H,5-6,8-9,12,22H2,1H3/t17-/m0/s1. The van der Waals surface area contributed by atoms with Crippen LogP contribution in [0.3, 0.4) is 0 Å². The molecule has 1 aliphatic heterocycles. The van der Waals surface area contributed by atoms with Crippen LogP contribution in [0.1, 0.15) is 12.8 Å². The number of carbonyl (C=O) groups is 1. The molecule has 0 bridgehead atoms. The number of likely N-dealkylation sites (tertiary alicyclic amines) is 1. The summed E-state index contributed by atoms with van der Waals surface area (Å²) in [6, 6.07) is 5.65. The number of methoxy groups -OCH3 is 1. The Morgan fingerprint density at radius 2 is 2.10 bits per heavy atom. The summed E-state index contributed by atoms with van der Waals surface area (Å²) in [5.41, 5.74) is 6.16. The molecule has 1 amide bonds. The number of aliphatic hydroxyl groups is 1. The van der Waals surface area contributed by atoms with Crippen LogP contribution in [-0.2, 0) is 14.8 Å². The van der Waals surface area contributed by atoms with Crippen LogP contribution in [0, 0.1) is 5.82 Å². The van der Waals surface area contributed by atoms with Crippen LogP contribution >= 0.6 is 0 Å². The number of pyridine rings is 1. The van der Waals surface area contributed by atoms with Gasteiger partial charge in [0.05, 0.1) is 18.9 Å². The lowest BCUT2D eigenvalue weighted by molar-refractivity contribution is -0.134. The summed E-state index contributed by atoms with van der Waals surface area (Å²) in [6.07, 6.45) is 1.81. The maximum Gasteiger partial charge on any atom is 0.245 e. The summed E-state index contributed by atoms with van der Waals surface area (Å²) in [6.45, 7) is 0.304. The molecular weight excluding hydrogens is 427 g/mol. The molecule has 0 spiro atoms. The van der Waals surface area contributed by atoms with Gasteiger partial charge in [-0.2, -0.15) is 4.72 Å². The number of nitrogens with two attached hydrogens (primary N) is 1. The van der Waals surface area contributed by atoms with Crippen molar-refractivity contribution in [1.29, 1.82) is 0 Å². The van der Waals surface area contributed by atoms with Crippen molar-refractivity contribution in [3.63, 3.8) is 0 Å². The highest BCUT2D eigenvalue weighted by molar-refractivity contribution is 7.89. The minimum Gasteiger partial charge on any atom is -0.495 e. The van der Waals surface area contributed by atoms with Gasteiger partial charge in [0.15, 0.2) is 0 Å². The van der Waals surface area contributed by atoms with E-state index in [1.54, 1.807) is 18.2 Å². The van der Waals surface area contributed by atoms with Crippen molar-refractivity contribution in [2.45, 2.75) is 29.9 Å². The van der Waals surface area contributed by atoms with Gasteiger partial charge in [0.2, 0.25) is 15.9 Å². The van der Waals surface area contributed by atoms with Crippen LogP contribution in [0.25, 0.3) is 11.3 Å². The summed E-state index contributed by atoms with van der Waals surface area (Å²) >= 11 is 0. The van der Waals surface area contributed by atoms with E-state index in [0.717, 1.165) is 12.1 Å². The van der Waals surface area contributed by atoms with Crippen LogP contribution in [-0.4, -0.2) is 68.2 Å². The van der Waals surface area contributed by atoms with E-state index in [-0.39, 0.29) is 17.9 Å². The smallest absolute Gasteiger partial charge is 0.245 e. The average molecular weight is 453 g/mol. The molecule has 0 radical (unpaired) electrons. The fourth-order valence-electron chi connectivity index (χ4n) is 3.45. The van der Waals surface area contributed by atoms with E-state index in [9.17, 15) is 22.7 Å². The topological polar surface area (TPSA) is 135 Å². The maximum atomic E-state index is 14.4. The zero-order chi connectivity index (χ0) is 22.6. The quantitative estimate of drug-likeness (QED) is 0.556. The first-order valence-electron chi connectivity index (χ1n) is 9.75. The summed E-state index contributed by atoms with van der Waals surface area (Å²) in [5.74, 6) is -1.40. The summed E-state index contributed by atoms with van der Waals surface area (Å²) < 4.78 is 48.2. The summed E-state index contributed by atoms with van der Waals surface area (Å²) in [5, 5.41) is 9.61. The molecule has 31 heavy (non-hydrogen) atoms. The van der Waals surface area contributed by atoms with Gasteiger partial charge in [0.1, 0.15) is 22.5 Å². The molecule has 1 aromatic carbocycles. The zero-order valence-electron chi connectivity index (χ0n) is 17.0. The SMILES string of the molecule is COc1c(-c2ccccn2)cc(F)cc1S(=O)(=O)N[C@@H](CN)C(=O)N1CCC(O)CC1. The fraction of sp³-hybridized carbons (Fsp3) is 0.400. The molecule has 0 saturated carbocycles. The summed E-state index contributed by atoms with van der Waals surface area (Å²) in [7, 11) is -3.11. The first kappa shape index (κ1) is 23.1. The Hall–Kier alpha value is -2.60. The molecule has 4 N–H and O–H groups in total. The van der Waals surface area contributed by atoms with E-state index in [1.165, 1.54) is 18.2 Å². The van der Waals surface area contributed by atoms with Gasteiger partial charge in [0, 0.05) is 31.4 Å². The lowest BCUT2D eigenvalue weighted by Crippen LogP contribution is -2.54. The third kappa shape index (κ3) is 5.18. The molecule has 1 aromatic heterocycles. The normalized spacial score (nSPS) is 16.2.